The van der Waals surface area contributed by atoms with E-state index in [-0.39, 0.29) is 28.7 Å². The lowest BCUT2D eigenvalue weighted by molar-refractivity contribution is -0.110. The van der Waals surface area contributed by atoms with Gasteiger partial charge in [-0.3, -0.25) is 4.79 Å². The minimum absolute atomic E-state index is 0.0506. The molecule has 0 unspecified atom stereocenters. The molecule has 0 aliphatic carbocycles. The zero-order chi connectivity index (χ0) is 14.7. The van der Waals surface area contributed by atoms with Gasteiger partial charge in [-0.05, 0) is 23.9 Å². The van der Waals surface area contributed by atoms with Crippen molar-refractivity contribution in [3.8, 4) is 17.6 Å². The summed E-state index contributed by atoms with van der Waals surface area (Å²) in [6, 6.07) is 4.35. The zero-order valence-electron chi connectivity index (χ0n) is 11.6. The van der Waals surface area contributed by atoms with Gasteiger partial charge < -0.3 is 10.2 Å². The maximum Gasteiger partial charge on any atom is 0.295 e. The number of carbonyl (C=O) groups is 1. The van der Waals surface area contributed by atoms with Crippen LogP contribution >= 0.6 is 11.8 Å². The number of carbonyl (C=O) groups excluding carboxylic acids is 1. The van der Waals surface area contributed by atoms with Crippen molar-refractivity contribution in [1.82, 2.24) is 9.55 Å². The van der Waals surface area contributed by atoms with Crippen molar-refractivity contribution in [2.24, 2.45) is 0 Å². The van der Waals surface area contributed by atoms with Crippen molar-refractivity contribution < 1.29 is 16.4 Å². The van der Waals surface area contributed by atoms with Gasteiger partial charge in [-0.25, -0.2) is 9.55 Å². The number of rotatable bonds is 4. The van der Waals surface area contributed by atoms with E-state index in [2.05, 4.69) is 10.1 Å². The van der Waals surface area contributed by atoms with Crippen LogP contribution in [0.25, 0.3) is 5.82 Å². The van der Waals surface area contributed by atoms with E-state index in [9.17, 15) is 9.90 Å². The molecule has 0 aromatic carbocycles. The molecule has 2 heterocycles. The van der Waals surface area contributed by atoms with E-state index in [4.69, 9.17) is 2.80 Å². The molecule has 0 radical (unpaired) electrons. The Hall–Kier alpha value is -1.95. The fourth-order valence-corrected chi connectivity index (χ4v) is 2.16. The van der Waals surface area contributed by atoms with Crippen LogP contribution in [0.2, 0.25) is 0 Å². The largest absolute Gasteiger partial charge is 0.494 e. The number of thioether (sulfide) groups is 1. The maximum atomic E-state index is 11.6. The summed E-state index contributed by atoms with van der Waals surface area (Å²) in [6.45, 7) is 1.75. The molecular formula is C12H12N2O3S. The molecule has 0 fully saturated rings. The number of pyridine rings is 1. The zero-order valence-corrected chi connectivity index (χ0v) is 10.4. The molecular weight excluding hydrogens is 252 g/mol. The van der Waals surface area contributed by atoms with Crippen molar-refractivity contribution >= 4 is 16.9 Å². The predicted molar refractivity (Wildman–Crippen MR) is 68.0 cm³/mol. The van der Waals surface area contributed by atoms with Crippen LogP contribution in [0.1, 0.15) is 14.7 Å². The third kappa shape index (κ3) is 2.33. The highest BCUT2D eigenvalue weighted by Crippen LogP contribution is 2.32. The highest BCUT2D eigenvalue weighted by Gasteiger charge is 2.15. The third-order valence-corrected chi connectivity index (χ3v) is 3.29. The van der Waals surface area contributed by atoms with Crippen molar-refractivity contribution in [1.29, 1.82) is 1.43 Å². The highest BCUT2D eigenvalue weighted by molar-refractivity contribution is 8.13. The first-order chi connectivity index (χ1) is 9.58. The monoisotopic (exact) mass is 268 g/mol. The lowest BCUT2D eigenvalue weighted by Gasteiger charge is -2.09. The summed E-state index contributed by atoms with van der Waals surface area (Å²) in [5, 5.41) is 14.2. The topological polar surface area (TPSA) is 75.3 Å². The summed E-state index contributed by atoms with van der Waals surface area (Å²) in [5.74, 6) is -0.189. The van der Waals surface area contributed by atoms with Crippen molar-refractivity contribution in [3.63, 3.8) is 0 Å². The second-order valence-corrected chi connectivity index (χ2v) is 4.54. The molecule has 94 valence electrons. The van der Waals surface area contributed by atoms with Crippen molar-refractivity contribution in [2.45, 2.75) is 18.2 Å². The lowest BCUT2D eigenvalue weighted by Crippen LogP contribution is -2.00. The molecule has 2 aromatic rings. The van der Waals surface area contributed by atoms with E-state index in [0.29, 0.717) is 11.3 Å². The van der Waals surface area contributed by atoms with Crippen LogP contribution in [0, 0.1) is 0 Å². The van der Waals surface area contributed by atoms with Gasteiger partial charge in [0.25, 0.3) is 1.43 Å². The summed E-state index contributed by atoms with van der Waals surface area (Å²) < 4.78 is 15.7. The first-order valence-electron chi connectivity index (χ1n) is 6.19. The van der Waals surface area contributed by atoms with E-state index in [0.717, 1.165) is 22.4 Å². The minimum atomic E-state index is -0.276. The Morgan fingerprint density at radius 2 is 2.44 bits per heavy atom. The molecule has 0 bridgehead atoms. The second kappa shape index (κ2) is 5.14. The first kappa shape index (κ1) is 10.0. The molecule has 0 atom stereocenters. The molecule has 0 amide bonds. The Morgan fingerprint density at radius 1 is 1.61 bits per heavy atom. The molecule has 0 aliphatic rings. The van der Waals surface area contributed by atoms with Crippen LogP contribution in [-0.2, 0) is 4.79 Å². The van der Waals surface area contributed by atoms with Gasteiger partial charge in [-0.1, -0.05) is 6.92 Å². The first-order valence-corrected chi connectivity index (χ1v) is 6.10. The molecule has 0 aliphatic heterocycles. The van der Waals surface area contributed by atoms with Crippen LogP contribution < -0.4 is 0 Å². The number of hydrogen-bond donors (Lipinski definition) is 2. The number of aromatic nitrogens is 2. The molecule has 2 rings (SSSR count). The standard InChI is InChI=1S/C12H12N2O3S/c1-2-11(17)18-8-4-3-7-13-12(8)14-9(15)5-6-10(14)16/h3-7,15-16H,2H2,1H3/i5T/hT. The molecule has 0 spiro atoms. The van der Waals surface area contributed by atoms with Gasteiger partial charge in [0.05, 0.1) is 6.27 Å². The Balaban J connectivity index is 2.56. The summed E-state index contributed by atoms with van der Waals surface area (Å²) in [4.78, 5) is 16.2. The van der Waals surface area contributed by atoms with Gasteiger partial charge in [0.15, 0.2) is 22.7 Å². The normalized spacial score (nSPS) is 11.8. The van der Waals surface area contributed by atoms with Gasteiger partial charge in [-0.2, -0.15) is 0 Å². The van der Waals surface area contributed by atoms with Crippen LogP contribution in [0.3, 0.4) is 0 Å². The fourth-order valence-electron chi connectivity index (χ4n) is 1.39. The predicted octanol–water partition coefficient (Wildman–Crippen LogP) is 2.31. The molecule has 0 saturated carbocycles. The number of aromatic hydroxyl groups is 2. The second-order valence-electron chi connectivity index (χ2n) is 3.44. The van der Waals surface area contributed by atoms with E-state index < -0.39 is 0 Å². The summed E-state index contributed by atoms with van der Waals surface area (Å²) in [5.41, 5.74) is 0. The minimum Gasteiger partial charge on any atom is -0.494 e. The van der Waals surface area contributed by atoms with Gasteiger partial charge in [0, 0.05) is 24.7 Å². The van der Waals surface area contributed by atoms with Gasteiger partial charge >= 0.3 is 0 Å². The van der Waals surface area contributed by atoms with Crippen molar-refractivity contribution in [2.75, 3.05) is 0 Å². The van der Waals surface area contributed by atoms with E-state index in [1.54, 1.807) is 19.1 Å². The van der Waals surface area contributed by atoms with Gasteiger partial charge in [-0.15, -0.1) is 0 Å². The molecule has 2 N–H and O–H groups in total. The third-order valence-electron chi connectivity index (χ3n) is 2.23. The smallest absolute Gasteiger partial charge is 0.295 e. The van der Waals surface area contributed by atoms with Crippen LogP contribution in [0.4, 0.5) is 0 Å². The quantitative estimate of drug-likeness (QED) is 0.832. The Labute approximate surface area is 111 Å². The van der Waals surface area contributed by atoms with Crippen LogP contribution in [-0.4, -0.2) is 26.3 Å². The summed E-state index contributed by atoms with van der Waals surface area (Å²) in [7, 11) is 0. The number of nitrogens with zero attached hydrogens (tertiary/aromatic N) is 2. The fraction of sp³-hybridized carbons (Fsp3) is 0.167. The van der Waals surface area contributed by atoms with Crippen LogP contribution in [0.15, 0.2) is 35.3 Å². The van der Waals surface area contributed by atoms with Crippen molar-refractivity contribution in [3.05, 3.63) is 30.4 Å². The average Bonchev–Trinajstić information content (AvgIpc) is 2.73. The van der Waals surface area contributed by atoms with Crippen LogP contribution in [0.5, 0.6) is 11.8 Å². The Morgan fingerprint density at radius 3 is 3.17 bits per heavy atom. The SMILES string of the molecule is [3H]Oc1c([3H])cc(O)n1-c1ncccc1SC(=O)CC. The van der Waals surface area contributed by atoms with Gasteiger partial charge in [0.2, 0.25) is 0 Å². The molecule has 2 aromatic heterocycles. The van der Waals surface area contributed by atoms with Gasteiger partial charge in [0.1, 0.15) is 0 Å². The lowest BCUT2D eigenvalue weighted by atomic mass is 10.4. The average molecular weight is 268 g/mol. The van der Waals surface area contributed by atoms with E-state index in [1.165, 1.54) is 6.20 Å². The Bertz CT molecular complexity index is 646. The molecule has 0 saturated heterocycles. The summed E-state index contributed by atoms with van der Waals surface area (Å²) >= 11 is 0.991. The molecule has 5 nitrogen and oxygen atoms in total. The number of hydrogen-bond acceptors (Lipinski definition) is 5. The van der Waals surface area contributed by atoms with E-state index >= 15 is 0 Å². The van der Waals surface area contributed by atoms with E-state index in [1.807, 2.05) is 0 Å². The molecule has 6 heteroatoms. The summed E-state index contributed by atoms with van der Waals surface area (Å²) in [6.07, 6.45) is 1.86. The molecule has 18 heavy (non-hydrogen) atoms. The Kier molecular flexibility index (Phi) is 2.86. The maximum absolute atomic E-state index is 11.6. The highest BCUT2D eigenvalue weighted by atomic mass is 32.2.